The van der Waals surface area contributed by atoms with Gasteiger partial charge in [-0.2, -0.15) is 5.10 Å². The molecule has 0 bridgehead atoms. The van der Waals surface area contributed by atoms with Gasteiger partial charge in [0.2, 0.25) is 0 Å². The molecule has 2 aliphatic rings. The molecule has 0 N–H and O–H groups in total. The highest BCUT2D eigenvalue weighted by Crippen LogP contribution is 2.28. The topological polar surface area (TPSA) is 91.6 Å². The number of amides is 4. The molecule has 1 aromatic carbocycles. The van der Waals surface area contributed by atoms with Gasteiger partial charge in [-0.3, -0.25) is 19.4 Å². The highest BCUT2D eigenvalue weighted by Gasteiger charge is 2.48. The molecular formula is C20H24N6O3. The number of nitrogens with zero attached hydrogens (tertiary/aromatic N) is 6. The molecule has 152 valence electrons. The summed E-state index contributed by atoms with van der Waals surface area (Å²) in [5, 5.41) is 4.10. The third-order valence-electron chi connectivity index (χ3n) is 5.86. The molecule has 29 heavy (non-hydrogen) atoms. The van der Waals surface area contributed by atoms with Gasteiger partial charge in [0.15, 0.2) is 0 Å². The van der Waals surface area contributed by atoms with Crippen LogP contribution in [0.2, 0.25) is 0 Å². The number of hydrogen-bond donors (Lipinski definition) is 0. The van der Waals surface area contributed by atoms with E-state index in [0.29, 0.717) is 0 Å². The second kappa shape index (κ2) is 7.75. The maximum absolute atomic E-state index is 12.8. The SMILES string of the molecule is C[C@H](c1ccc(-n2cncn2)cc1)N(C)CN1C(=O)C(=O)N(C2CCCC2)C1=O. The first-order chi connectivity index (χ1) is 14.0. The minimum absolute atomic E-state index is 0.0592. The Labute approximate surface area is 168 Å². The maximum atomic E-state index is 12.8. The predicted molar refractivity (Wildman–Crippen MR) is 104 cm³/mol. The number of carbonyl (C=O) groups is 3. The summed E-state index contributed by atoms with van der Waals surface area (Å²) >= 11 is 0. The summed E-state index contributed by atoms with van der Waals surface area (Å²) in [6.07, 6.45) is 6.63. The maximum Gasteiger partial charge on any atom is 0.335 e. The zero-order chi connectivity index (χ0) is 20.5. The van der Waals surface area contributed by atoms with E-state index in [0.717, 1.165) is 41.8 Å². The van der Waals surface area contributed by atoms with Crippen molar-refractivity contribution >= 4 is 17.8 Å². The third-order valence-corrected chi connectivity index (χ3v) is 5.86. The molecule has 4 amide bonds. The van der Waals surface area contributed by atoms with Crippen LogP contribution in [-0.2, 0) is 9.59 Å². The molecule has 0 spiro atoms. The van der Waals surface area contributed by atoms with Crippen LogP contribution < -0.4 is 0 Å². The number of hydrogen-bond acceptors (Lipinski definition) is 6. The Morgan fingerprint density at radius 2 is 1.79 bits per heavy atom. The van der Waals surface area contributed by atoms with Gasteiger partial charge >= 0.3 is 17.8 Å². The summed E-state index contributed by atoms with van der Waals surface area (Å²) in [5.74, 6) is -1.43. The monoisotopic (exact) mass is 396 g/mol. The number of urea groups is 1. The lowest BCUT2D eigenvalue weighted by molar-refractivity contribution is -0.144. The van der Waals surface area contributed by atoms with Crippen LogP contribution in [0.25, 0.3) is 5.69 Å². The summed E-state index contributed by atoms with van der Waals surface area (Å²) in [6, 6.07) is 7.13. The first kappa shape index (κ1) is 19.3. The standard InChI is InChI=1S/C20H24N6O3/c1-14(15-7-9-16(10-8-15)25-12-21-11-22-25)23(2)13-24-18(27)19(28)26(20(24)29)17-5-3-4-6-17/h7-12,14,17H,3-6,13H2,1-2H3/t14-/m1/s1. The zero-order valence-corrected chi connectivity index (χ0v) is 16.6. The molecule has 9 heteroatoms. The minimum Gasteiger partial charge on any atom is -0.282 e. The lowest BCUT2D eigenvalue weighted by Gasteiger charge is -2.29. The zero-order valence-electron chi connectivity index (χ0n) is 16.6. The number of carbonyl (C=O) groups excluding carboxylic acids is 3. The first-order valence-corrected chi connectivity index (χ1v) is 9.81. The van der Waals surface area contributed by atoms with E-state index in [9.17, 15) is 14.4 Å². The molecule has 2 aromatic rings. The van der Waals surface area contributed by atoms with Crippen LogP contribution in [0, 0.1) is 0 Å². The van der Waals surface area contributed by atoms with Gasteiger partial charge in [0, 0.05) is 12.1 Å². The van der Waals surface area contributed by atoms with Gasteiger partial charge in [0.25, 0.3) is 0 Å². The van der Waals surface area contributed by atoms with Gasteiger partial charge in [-0.15, -0.1) is 0 Å². The molecular weight excluding hydrogens is 372 g/mol. The molecule has 2 fully saturated rings. The number of rotatable bonds is 6. The summed E-state index contributed by atoms with van der Waals surface area (Å²) in [7, 11) is 1.83. The summed E-state index contributed by atoms with van der Waals surface area (Å²) in [6.45, 7) is 2.06. The number of imide groups is 2. The van der Waals surface area contributed by atoms with Crippen LogP contribution in [0.15, 0.2) is 36.9 Å². The van der Waals surface area contributed by atoms with Crippen molar-refractivity contribution in [1.29, 1.82) is 0 Å². The van der Waals surface area contributed by atoms with Crippen LogP contribution in [0.1, 0.15) is 44.2 Å². The summed E-state index contributed by atoms with van der Waals surface area (Å²) < 4.78 is 1.67. The van der Waals surface area contributed by atoms with Gasteiger partial charge in [0.1, 0.15) is 12.7 Å². The highest BCUT2D eigenvalue weighted by molar-refractivity contribution is 6.44. The van der Waals surface area contributed by atoms with Gasteiger partial charge in [-0.25, -0.2) is 19.4 Å². The van der Waals surface area contributed by atoms with E-state index in [2.05, 4.69) is 10.1 Å². The van der Waals surface area contributed by atoms with Crippen LogP contribution in [0.3, 0.4) is 0 Å². The summed E-state index contributed by atoms with van der Waals surface area (Å²) in [5.41, 5.74) is 1.92. The Morgan fingerprint density at radius 1 is 1.10 bits per heavy atom. The van der Waals surface area contributed by atoms with E-state index in [4.69, 9.17) is 0 Å². The van der Waals surface area contributed by atoms with Crippen LogP contribution in [0.5, 0.6) is 0 Å². The molecule has 9 nitrogen and oxygen atoms in total. The van der Waals surface area contributed by atoms with Crippen molar-refractivity contribution in [2.24, 2.45) is 0 Å². The van der Waals surface area contributed by atoms with E-state index in [1.165, 1.54) is 11.2 Å². The second-order valence-corrected chi connectivity index (χ2v) is 7.64. The fourth-order valence-corrected chi connectivity index (χ4v) is 3.98. The van der Waals surface area contributed by atoms with E-state index >= 15 is 0 Å². The molecule has 1 atom stereocenters. The Bertz CT molecular complexity index is 905. The van der Waals surface area contributed by atoms with Crippen molar-refractivity contribution in [3.63, 3.8) is 0 Å². The van der Waals surface area contributed by atoms with E-state index in [1.54, 1.807) is 11.0 Å². The average Bonchev–Trinajstić information content (AvgIpc) is 3.48. The van der Waals surface area contributed by atoms with E-state index in [-0.39, 0.29) is 18.8 Å². The van der Waals surface area contributed by atoms with Gasteiger partial charge in [-0.05, 0) is 44.5 Å². The average molecular weight is 396 g/mol. The Morgan fingerprint density at radius 3 is 2.41 bits per heavy atom. The second-order valence-electron chi connectivity index (χ2n) is 7.64. The molecule has 1 aliphatic heterocycles. The van der Waals surface area contributed by atoms with Crippen molar-refractivity contribution in [2.45, 2.75) is 44.7 Å². The Kier molecular flexibility index (Phi) is 5.14. The van der Waals surface area contributed by atoms with Gasteiger partial charge in [0.05, 0.1) is 12.4 Å². The van der Waals surface area contributed by atoms with Gasteiger partial charge < -0.3 is 0 Å². The minimum atomic E-state index is -0.734. The molecule has 0 unspecified atom stereocenters. The van der Waals surface area contributed by atoms with E-state index < -0.39 is 17.8 Å². The molecule has 1 aliphatic carbocycles. The fraction of sp³-hybridized carbons (Fsp3) is 0.450. The van der Waals surface area contributed by atoms with Crippen molar-refractivity contribution < 1.29 is 14.4 Å². The van der Waals surface area contributed by atoms with Crippen LogP contribution in [-0.4, -0.2) is 67.1 Å². The molecule has 1 saturated carbocycles. The molecule has 0 radical (unpaired) electrons. The van der Waals surface area contributed by atoms with Gasteiger partial charge in [-0.1, -0.05) is 25.0 Å². The molecule has 2 heterocycles. The normalized spacial score (nSPS) is 19.1. The first-order valence-electron chi connectivity index (χ1n) is 9.81. The number of benzene rings is 1. The van der Waals surface area contributed by atoms with Crippen molar-refractivity contribution in [1.82, 2.24) is 29.5 Å². The lowest BCUT2D eigenvalue weighted by Crippen LogP contribution is -2.43. The molecule has 1 saturated heterocycles. The third kappa shape index (κ3) is 3.53. The number of aromatic nitrogens is 3. The van der Waals surface area contributed by atoms with Crippen molar-refractivity contribution in [3.8, 4) is 5.69 Å². The largest absolute Gasteiger partial charge is 0.335 e. The fourth-order valence-electron chi connectivity index (χ4n) is 3.98. The summed E-state index contributed by atoms with van der Waals surface area (Å²) in [4.78, 5) is 45.6. The molecule has 1 aromatic heterocycles. The quantitative estimate of drug-likeness (QED) is 0.547. The van der Waals surface area contributed by atoms with Crippen LogP contribution in [0.4, 0.5) is 4.79 Å². The predicted octanol–water partition coefficient (Wildman–Crippen LogP) is 1.95. The van der Waals surface area contributed by atoms with E-state index in [1.807, 2.05) is 43.1 Å². The lowest BCUT2D eigenvalue weighted by atomic mass is 10.1. The Hall–Kier alpha value is -3.07. The molecule has 4 rings (SSSR count). The smallest absolute Gasteiger partial charge is 0.282 e. The Balaban J connectivity index is 1.44. The van der Waals surface area contributed by atoms with Crippen LogP contribution >= 0.6 is 0 Å². The van der Waals surface area contributed by atoms with Crippen molar-refractivity contribution in [2.75, 3.05) is 13.7 Å². The highest BCUT2D eigenvalue weighted by atomic mass is 16.2. The van der Waals surface area contributed by atoms with Crippen molar-refractivity contribution in [3.05, 3.63) is 42.5 Å².